The molecule has 174 valence electrons. The van der Waals surface area contributed by atoms with E-state index in [1.807, 2.05) is 38.1 Å². The molecule has 1 fully saturated rings. The molecule has 4 rings (SSSR count). The maximum Gasteiger partial charge on any atom is 0.245 e. The van der Waals surface area contributed by atoms with Gasteiger partial charge in [0.2, 0.25) is 15.9 Å². The van der Waals surface area contributed by atoms with Crippen LogP contribution in [0.5, 0.6) is 5.75 Å². The van der Waals surface area contributed by atoms with E-state index in [-0.39, 0.29) is 16.7 Å². The number of hydrogen-bond acceptors (Lipinski definition) is 4. The predicted octanol–water partition coefficient (Wildman–Crippen LogP) is 5.01. The average molecular weight is 491 g/mol. The van der Waals surface area contributed by atoms with Crippen molar-refractivity contribution >= 4 is 44.0 Å². The normalized spacial score (nSPS) is 14.9. The van der Waals surface area contributed by atoms with Crippen molar-refractivity contribution in [3.05, 3.63) is 71.0 Å². The summed E-state index contributed by atoms with van der Waals surface area (Å²) < 4.78 is 47.8. The van der Waals surface area contributed by atoms with Gasteiger partial charge in [-0.05, 0) is 51.0 Å². The van der Waals surface area contributed by atoms with Gasteiger partial charge in [0.1, 0.15) is 17.1 Å². The summed E-state index contributed by atoms with van der Waals surface area (Å²) in [5.41, 5.74) is -0.716. The number of ether oxygens (including phenoxy) is 1. The largest absolute Gasteiger partial charge is 0.490 e. The number of rotatable bonds is 8. The molecule has 1 saturated carbocycles. The fraction of sp³-hybridized carbons (Fsp3) is 0.292. The van der Waals surface area contributed by atoms with Gasteiger partial charge in [0.25, 0.3) is 0 Å². The first-order valence-electron chi connectivity index (χ1n) is 10.5. The first-order chi connectivity index (χ1) is 15.6. The van der Waals surface area contributed by atoms with Crippen LogP contribution in [0, 0.1) is 5.82 Å². The monoisotopic (exact) mass is 490 g/mol. The Morgan fingerprint density at radius 1 is 1.12 bits per heavy atom. The molecule has 9 heteroatoms. The van der Waals surface area contributed by atoms with Crippen LogP contribution < -0.4 is 14.8 Å². The highest BCUT2D eigenvalue weighted by Gasteiger charge is 2.52. The van der Waals surface area contributed by atoms with Crippen LogP contribution >= 0.6 is 11.6 Å². The first kappa shape index (κ1) is 23.5. The maximum atomic E-state index is 14.1. The number of halogens is 2. The minimum atomic E-state index is -3.98. The molecule has 0 aliphatic heterocycles. The lowest BCUT2D eigenvalue weighted by molar-refractivity contribution is -0.118. The Hall–Kier alpha value is -2.68. The lowest BCUT2D eigenvalue weighted by Gasteiger charge is -2.19. The molecule has 0 radical (unpaired) electrons. The molecule has 0 aromatic heterocycles. The summed E-state index contributed by atoms with van der Waals surface area (Å²) in [5.74, 6) is -1.05. The van der Waals surface area contributed by atoms with E-state index < -0.39 is 33.0 Å². The maximum absolute atomic E-state index is 14.1. The Bertz CT molecular complexity index is 1320. The number of hydrogen-bond donors (Lipinski definition) is 2. The van der Waals surface area contributed by atoms with Gasteiger partial charge in [-0.25, -0.2) is 12.8 Å². The average Bonchev–Trinajstić information content (AvgIpc) is 3.51. The number of nitrogens with one attached hydrogen (secondary N) is 2. The molecule has 1 aliphatic carbocycles. The van der Waals surface area contributed by atoms with Crippen molar-refractivity contribution < 1.29 is 22.3 Å². The fourth-order valence-corrected chi connectivity index (χ4v) is 5.42. The summed E-state index contributed by atoms with van der Waals surface area (Å²) in [7, 11) is -3.98. The van der Waals surface area contributed by atoms with Crippen molar-refractivity contribution in [3.63, 3.8) is 0 Å². The molecule has 0 atom stereocenters. The van der Waals surface area contributed by atoms with Crippen molar-refractivity contribution in [2.45, 2.75) is 44.1 Å². The van der Waals surface area contributed by atoms with E-state index in [0.717, 1.165) is 16.8 Å². The molecule has 0 unspecified atom stereocenters. The summed E-state index contributed by atoms with van der Waals surface area (Å²) in [5, 5.41) is 4.66. The second-order valence-corrected chi connectivity index (χ2v) is 10.6. The Morgan fingerprint density at radius 2 is 1.82 bits per heavy atom. The van der Waals surface area contributed by atoms with Gasteiger partial charge in [-0.3, -0.25) is 4.79 Å². The van der Waals surface area contributed by atoms with E-state index >= 15 is 0 Å². The molecule has 3 aromatic rings. The molecular weight excluding hydrogens is 467 g/mol. The van der Waals surface area contributed by atoms with Crippen LogP contribution in [-0.2, 0) is 20.6 Å². The number of benzene rings is 3. The Balaban J connectivity index is 1.53. The highest BCUT2D eigenvalue weighted by molar-refractivity contribution is 7.88. The van der Waals surface area contributed by atoms with E-state index in [1.165, 1.54) is 12.1 Å². The predicted molar refractivity (Wildman–Crippen MR) is 127 cm³/mol. The second kappa shape index (κ2) is 8.93. The van der Waals surface area contributed by atoms with E-state index in [9.17, 15) is 17.6 Å². The molecule has 0 heterocycles. The number of amides is 1. The third-order valence-electron chi connectivity index (χ3n) is 5.39. The smallest absolute Gasteiger partial charge is 0.245 e. The van der Waals surface area contributed by atoms with Crippen LogP contribution in [0.3, 0.4) is 0 Å². The third kappa shape index (κ3) is 5.29. The molecular formula is C24H24ClFN2O4S. The van der Waals surface area contributed by atoms with Crippen LogP contribution in [0.2, 0.25) is 5.02 Å². The van der Waals surface area contributed by atoms with Crippen LogP contribution in [-0.4, -0.2) is 26.0 Å². The SMILES string of the molecule is CC(C)Oc1ccc(NC(=O)C2(NS(=O)(=O)Cc3ccc(Cl)cc3F)CC2)c2ccccc12. The second-order valence-electron chi connectivity index (χ2n) is 8.46. The minimum absolute atomic E-state index is 0.0107. The summed E-state index contributed by atoms with van der Waals surface area (Å²) in [6.45, 7) is 3.87. The van der Waals surface area contributed by atoms with E-state index in [1.54, 1.807) is 12.1 Å². The van der Waals surface area contributed by atoms with Crippen molar-refractivity contribution in [1.29, 1.82) is 0 Å². The lowest BCUT2D eigenvalue weighted by atomic mass is 10.1. The van der Waals surface area contributed by atoms with Crippen LogP contribution in [0.25, 0.3) is 10.8 Å². The lowest BCUT2D eigenvalue weighted by Crippen LogP contribution is -2.46. The molecule has 0 bridgehead atoms. The van der Waals surface area contributed by atoms with Gasteiger partial charge >= 0.3 is 0 Å². The highest BCUT2D eigenvalue weighted by Crippen LogP contribution is 2.39. The Labute approximate surface area is 197 Å². The van der Waals surface area contributed by atoms with Gasteiger partial charge in [0, 0.05) is 27.0 Å². The number of fused-ring (bicyclic) bond motifs is 1. The zero-order chi connectivity index (χ0) is 23.8. The van der Waals surface area contributed by atoms with Crippen molar-refractivity contribution in [3.8, 4) is 5.75 Å². The highest BCUT2D eigenvalue weighted by atomic mass is 35.5. The standard InChI is InChI=1S/C24H24ClFN2O4S/c1-15(2)32-22-10-9-21(18-5-3-4-6-19(18)22)27-23(29)24(11-12-24)28-33(30,31)14-16-7-8-17(25)13-20(16)26/h3-10,13,15,28H,11-12,14H2,1-2H3,(H,27,29). The topological polar surface area (TPSA) is 84.5 Å². The first-order valence-corrected chi connectivity index (χ1v) is 12.6. The molecule has 1 amide bonds. The van der Waals surface area contributed by atoms with Crippen molar-refractivity contribution in [2.75, 3.05) is 5.32 Å². The Kier molecular flexibility index (Phi) is 6.35. The summed E-state index contributed by atoms with van der Waals surface area (Å²) in [4.78, 5) is 13.1. The molecule has 0 spiro atoms. The number of carbonyl (C=O) groups is 1. The fourth-order valence-electron chi connectivity index (χ4n) is 3.66. The molecule has 0 saturated heterocycles. The molecule has 6 nitrogen and oxygen atoms in total. The van der Waals surface area contributed by atoms with E-state index in [0.29, 0.717) is 24.3 Å². The minimum Gasteiger partial charge on any atom is -0.490 e. The van der Waals surface area contributed by atoms with Gasteiger partial charge in [0.15, 0.2) is 0 Å². The van der Waals surface area contributed by atoms with Crippen LogP contribution in [0.15, 0.2) is 54.6 Å². The van der Waals surface area contributed by atoms with Gasteiger partial charge in [0.05, 0.1) is 11.9 Å². The molecule has 1 aliphatic rings. The van der Waals surface area contributed by atoms with Gasteiger partial charge < -0.3 is 10.1 Å². The number of anilines is 1. The summed E-state index contributed by atoms with van der Waals surface area (Å²) in [6.07, 6.45) is 0.699. The Morgan fingerprint density at radius 3 is 2.45 bits per heavy atom. The summed E-state index contributed by atoms with van der Waals surface area (Å²) >= 11 is 5.73. The number of carbonyl (C=O) groups excluding carboxylic acids is 1. The number of sulfonamides is 1. The zero-order valence-electron chi connectivity index (χ0n) is 18.2. The van der Waals surface area contributed by atoms with Crippen LogP contribution in [0.1, 0.15) is 32.3 Å². The van der Waals surface area contributed by atoms with Gasteiger partial charge in [-0.2, -0.15) is 4.72 Å². The quantitative estimate of drug-likeness (QED) is 0.465. The molecule has 33 heavy (non-hydrogen) atoms. The van der Waals surface area contributed by atoms with E-state index in [2.05, 4.69) is 10.0 Å². The van der Waals surface area contributed by atoms with E-state index in [4.69, 9.17) is 16.3 Å². The molecule has 2 N–H and O–H groups in total. The zero-order valence-corrected chi connectivity index (χ0v) is 19.8. The van der Waals surface area contributed by atoms with Gasteiger partial charge in [-0.15, -0.1) is 0 Å². The van der Waals surface area contributed by atoms with Crippen molar-refractivity contribution in [2.24, 2.45) is 0 Å². The molecule has 3 aromatic carbocycles. The summed E-state index contributed by atoms with van der Waals surface area (Å²) in [6, 6.07) is 14.8. The van der Waals surface area contributed by atoms with Gasteiger partial charge in [-0.1, -0.05) is 41.9 Å². The van der Waals surface area contributed by atoms with Crippen molar-refractivity contribution in [1.82, 2.24) is 4.72 Å². The third-order valence-corrected chi connectivity index (χ3v) is 7.02. The van der Waals surface area contributed by atoms with Crippen LogP contribution in [0.4, 0.5) is 10.1 Å².